The Kier molecular flexibility index (Phi) is 3.40. The van der Waals surface area contributed by atoms with E-state index in [4.69, 9.17) is 0 Å². The third kappa shape index (κ3) is 2.95. The molecule has 0 aromatic heterocycles. The molecule has 1 aliphatic heterocycles. The molecule has 1 atom stereocenters. The largest absolute Gasteiger partial charge is 0.353 e. The maximum atomic E-state index is 11.1. The van der Waals surface area contributed by atoms with Crippen molar-refractivity contribution < 1.29 is 13.2 Å². The van der Waals surface area contributed by atoms with Crippen molar-refractivity contribution in [1.29, 1.82) is 0 Å². The minimum Gasteiger partial charge on any atom is -0.353 e. The first kappa shape index (κ1) is 10.9. The van der Waals surface area contributed by atoms with Crippen molar-refractivity contribution in [2.75, 3.05) is 12.8 Å². The van der Waals surface area contributed by atoms with Crippen molar-refractivity contribution in [1.82, 2.24) is 5.32 Å². The van der Waals surface area contributed by atoms with Gasteiger partial charge in [-0.15, -0.1) is 0 Å². The summed E-state index contributed by atoms with van der Waals surface area (Å²) in [6.07, 6.45) is 5.34. The van der Waals surface area contributed by atoms with Crippen LogP contribution in [0.15, 0.2) is 16.8 Å². The van der Waals surface area contributed by atoms with Crippen molar-refractivity contribution in [3.8, 4) is 0 Å². The van der Waals surface area contributed by atoms with Crippen LogP contribution in [0.2, 0.25) is 0 Å². The predicted molar refractivity (Wildman–Crippen MR) is 53.9 cm³/mol. The van der Waals surface area contributed by atoms with Crippen LogP contribution < -0.4 is 5.32 Å². The number of hydrogen-bond acceptors (Lipinski definition) is 4. The van der Waals surface area contributed by atoms with Crippen LogP contribution in [-0.4, -0.2) is 39.1 Å². The molecule has 6 heteroatoms. The Bertz CT molecular complexity index is 370. The van der Waals surface area contributed by atoms with Crippen LogP contribution in [0.25, 0.3) is 0 Å². The molecule has 0 aliphatic carbocycles. The number of nitrogens with zero attached hydrogens (tertiary/aromatic N) is 1. The quantitative estimate of drug-likeness (QED) is 0.644. The number of amides is 1. The molecule has 1 heterocycles. The Morgan fingerprint density at radius 3 is 2.86 bits per heavy atom. The van der Waals surface area contributed by atoms with E-state index in [2.05, 4.69) is 10.3 Å². The predicted octanol–water partition coefficient (Wildman–Crippen LogP) is -0.496. The summed E-state index contributed by atoms with van der Waals surface area (Å²) in [5.41, 5.74) is 0.692. The summed E-state index contributed by atoms with van der Waals surface area (Å²) in [4.78, 5) is 13.9. The zero-order valence-electron chi connectivity index (χ0n) is 7.80. The van der Waals surface area contributed by atoms with E-state index in [1.54, 1.807) is 6.08 Å². The normalized spacial score (nSPS) is 21.5. The van der Waals surface area contributed by atoms with E-state index < -0.39 is 15.1 Å². The molecular formula is C8H12N2O3S. The maximum Gasteiger partial charge on any atom is 0.207 e. The lowest BCUT2D eigenvalue weighted by atomic mass is 10.2. The van der Waals surface area contributed by atoms with E-state index in [0.717, 1.165) is 0 Å². The number of allylic oxidation sites excluding steroid dienone is 1. The molecule has 5 nitrogen and oxygen atoms in total. The van der Waals surface area contributed by atoms with Gasteiger partial charge in [0.25, 0.3) is 0 Å². The van der Waals surface area contributed by atoms with Gasteiger partial charge in [-0.25, -0.2) is 8.42 Å². The van der Waals surface area contributed by atoms with Crippen LogP contribution >= 0.6 is 0 Å². The molecule has 0 radical (unpaired) electrons. The minimum absolute atomic E-state index is 0.344. The molecule has 78 valence electrons. The number of carbonyl (C=O) groups excluding carboxylic acids is 1. The fraction of sp³-hybridized carbons (Fsp3) is 0.500. The molecule has 0 bridgehead atoms. The van der Waals surface area contributed by atoms with Gasteiger partial charge >= 0.3 is 0 Å². The molecule has 0 spiro atoms. The Morgan fingerprint density at radius 2 is 2.43 bits per heavy atom. The Balaban J connectivity index is 2.57. The summed E-state index contributed by atoms with van der Waals surface area (Å²) in [6, 6.07) is 0. The van der Waals surface area contributed by atoms with Crippen LogP contribution in [0.1, 0.15) is 6.42 Å². The molecule has 1 rings (SSSR count). The van der Waals surface area contributed by atoms with E-state index in [9.17, 15) is 13.2 Å². The van der Waals surface area contributed by atoms with Gasteiger partial charge in [-0.1, -0.05) is 6.08 Å². The maximum absolute atomic E-state index is 11.1. The van der Waals surface area contributed by atoms with E-state index in [0.29, 0.717) is 25.1 Å². The number of carbonyl (C=O) groups is 1. The third-order valence-corrected chi connectivity index (χ3v) is 3.32. The standard InChI is InChI=1S/C8H12N2O3S/c1-14(12,13)8-3-2-7(10-5-8)4-9-6-11/h2,5-6,8H,3-4H2,1H3,(H,9,11). The van der Waals surface area contributed by atoms with Crippen LogP contribution in [0.5, 0.6) is 0 Å². The second-order valence-electron chi connectivity index (χ2n) is 3.08. The van der Waals surface area contributed by atoms with E-state index in [1.807, 2.05) is 0 Å². The van der Waals surface area contributed by atoms with E-state index in [-0.39, 0.29) is 0 Å². The van der Waals surface area contributed by atoms with Crippen molar-refractivity contribution >= 4 is 22.5 Å². The van der Waals surface area contributed by atoms with Crippen LogP contribution in [0.4, 0.5) is 0 Å². The van der Waals surface area contributed by atoms with Gasteiger partial charge in [-0.05, 0) is 6.42 Å². The highest BCUT2D eigenvalue weighted by Crippen LogP contribution is 2.11. The van der Waals surface area contributed by atoms with Crippen LogP contribution in [0, 0.1) is 0 Å². The van der Waals surface area contributed by atoms with Crippen LogP contribution in [0.3, 0.4) is 0 Å². The number of sulfone groups is 1. The zero-order valence-corrected chi connectivity index (χ0v) is 8.62. The molecule has 0 aromatic rings. The number of hydrogen-bond donors (Lipinski definition) is 1. The summed E-state index contributed by atoms with van der Waals surface area (Å²) in [5.74, 6) is 0. The second kappa shape index (κ2) is 4.36. The SMILES string of the molecule is CS(=O)(=O)C1C=NC(CNC=O)=CC1. The lowest BCUT2D eigenvalue weighted by Gasteiger charge is -2.13. The fourth-order valence-corrected chi connectivity index (χ4v) is 1.82. The monoisotopic (exact) mass is 216 g/mol. The van der Waals surface area contributed by atoms with Crippen LogP contribution in [-0.2, 0) is 14.6 Å². The average molecular weight is 216 g/mol. The molecular weight excluding hydrogens is 204 g/mol. The van der Waals surface area contributed by atoms with Gasteiger partial charge in [0.2, 0.25) is 6.41 Å². The highest BCUT2D eigenvalue weighted by Gasteiger charge is 2.19. The Morgan fingerprint density at radius 1 is 1.71 bits per heavy atom. The molecule has 1 aliphatic rings. The number of nitrogens with one attached hydrogen (secondary N) is 1. The minimum atomic E-state index is -3.05. The van der Waals surface area contributed by atoms with Crippen molar-refractivity contribution in [2.24, 2.45) is 4.99 Å². The molecule has 1 N–H and O–H groups in total. The fourth-order valence-electron chi connectivity index (χ4n) is 1.09. The zero-order chi connectivity index (χ0) is 10.6. The molecule has 1 amide bonds. The summed E-state index contributed by atoms with van der Waals surface area (Å²) in [6.45, 7) is 0.344. The Hall–Kier alpha value is -1.17. The van der Waals surface area contributed by atoms with Crippen molar-refractivity contribution in [3.05, 3.63) is 11.8 Å². The number of aliphatic imine (C=N–C) groups is 1. The molecule has 0 saturated carbocycles. The lowest BCUT2D eigenvalue weighted by Crippen LogP contribution is -2.24. The summed E-state index contributed by atoms with van der Waals surface area (Å²) >= 11 is 0. The molecule has 0 aromatic carbocycles. The van der Waals surface area contributed by atoms with Gasteiger partial charge in [0, 0.05) is 12.5 Å². The van der Waals surface area contributed by atoms with E-state index >= 15 is 0 Å². The van der Waals surface area contributed by atoms with Gasteiger partial charge < -0.3 is 5.32 Å². The van der Waals surface area contributed by atoms with Crippen molar-refractivity contribution in [3.63, 3.8) is 0 Å². The lowest BCUT2D eigenvalue weighted by molar-refractivity contribution is -0.109. The van der Waals surface area contributed by atoms with Gasteiger partial charge in [0.15, 0.2) is 9.84 Å². The smallest absolute Gasteiger partial charge is 0.207 e. The summed E-state index contributed by atoms with van der Waals surface area (Å²) < 4.78 is 22.2. The average Bonchev–Trinajstić information content (AvgIpc) is 2.14. The first-order valence-corrected chi connectivity index (χ1v) is 6.08. The topological polar surface area (TPSA) is 75.6 Å². The van der Waals surface area contributed by atoms with Gasteiger partial charge in [0.05, 0.1) is 17.5 Å². The Labute approximate surface area is 82.8 Å². The first-order valence-electron chi connectivity index (χ1n) is 4.13. The third-order valence-electron chi connectivity index (χ3n) is 1.91. The second-order valence-corrected chi connectivity index (χ2v) is 5.34. The molecule has 1 unspecified atom stereocenters. The van der Waals surface area contributed by atoms with Gasteiger partial charge in [-0.3, -0.25) is 9.79 Å². The highest BCUT2D eigenvalue weighted by atomic mass is 32.2. The highest BCUT2D eigenvalue weighted by molar-refractivity contribution is 7.92. The number of rotatable bonds is 4. The molecule has 0 saturated heterocycles. The van der Waals surface area contributed by atoms with E-state index in [1.165, 1.54) is 12.5 Å². The molecule has 0 fully saturated rings. The molecule has 14 heavy (non-hydrogen) atoms. The van der Waals surface area contributed by atoms with Gasteiger partial charge in [-0.2, -0.15) is 0 Å². The van der Waals surface area contributed by atoms with Gasteiger partial charge in [0.1, 0.15) is 0 Å². The first-order chi connectivity index (χ1) is 6.54. The van der Waals surface area contributed by atoms with Crippen molar-refractivity contribution in [2.45, 2.75) is 11.7 Å². The summed E-state index contributed by atoms with van der Waals surface area (Å²) in [7, 11) is -3.05. The summed E-state index contributed by atoms with van der Waals surface area (Å²) in [5, 5.41) is 1.93.